The van der Waals surface area contributed by atoms with Crippen molar-refractivity contribution in [1.29, 1.82) is 0 Å². The molecule has 2 aromatic rings. The largest absolute Gasteiger partial charge is 0.352 e. The first-order valence-electron chi connectivity index (χ1n) is 8.41. The van der Waals surface area contributed by atoms with Crippen molar-refractivity contribution in [2.24, 2.45) is 0 Å². The fourth-order valence-corrected chi connectivity index (χ4v) is 3.86. The minimum atomic E-state index is -3.61. The second-order valence-corrected chi connectivity index (χ2v) is 7.64. The molecule has 0 heterocycles. The highest BCUT2D eigenvalue weighted by molar-refractivity contribution is 7.89. The Morgan fingerprint density at radius 3 is 2.20 bits per heavy atom. The molecule has 5 nitrogen and oxygen atoms in total. The number of carbonyl (C=O) groups is 1. The number of sulfonamides is 1. The Morgan fingerprint density at radius 2 is 1.64 bits per heavy atom. The molecule has 134 valence electrons. The summed E-state index contributed by atoms with van der Waals surface area (Å²) in [6, 6.07) is 15.6. The number of hydrogen-bond acceptors (Lipinski definition) is 3. The van der Waals surface area contributed by atoms with Gasteiger partial charge in [-0.3, -0.25) is 4.79 Å². The second kappa shape index (κ2) is 8.78. The van der Waals surface area contributed by atoms with Crippen LogP contribution in [0.25, 0.3) is 0 Å². The van der Waals surface area contributed by atoms with Crippen LogP contribution < -0.4 is 5.32 Å². The number of nitrogens with zero attached hydrogens (tertiary/aromatic N) is 1. The van der Waals surface area contributed by atoms with Crippen LogP contribution in [0, 0.1) is 0 Å². The number of nitrogens with one attached hydrogen (secondary N) is 1. The number of amides is 1. The molecule has 0 aliphatic heterocycles. The minimum absolute atomic E-state index is 0.192. The van der Waals surface area contributed by atoms with Crippen LogP contribution in [0.2, 0.25) is 0 Å². The van der Waals surface area contributed by atoms with Crippen LogP contribution in [-0.4, -0.2) is 31.7 Å². The Labute approximate surface area is 149 Å². The van der Waals surface area contributed by atoms with Gasteiger partial charge in [0.15, 0.2) is 0 Å². The molecule has 0 fully saturated rings. The molecule has 0 saturated heterocycles. The van der Waals surface area contributed by atoms with Gasteiger partial charge >= 0.3 is 0 Å². The van der Waals surface area contributed by atoms with E-state index in [1.54, 1.807) is 12.1 Å². The van der Waals surface area contributed by atoms with Crippen LogP contribution in [0.15, 0.2) is 59.5 Å². The molecule has 1 amide bonds. The number of benzene rings is 2. The standard InChI is InChI=1S/C19H24N2O3S/c1-3-14-20-19(22)17-10-12-18(13-11-17)25(23,24)21(4-2)15-16-8-6-5-7-9-16/h5-13H,3-4,14-15H2,1-2H3,(H,20,22). The van der Waals surface area contributed by atoms with Crippen molar-refractivity contribution in [2.45, 2.75) is 31.7 Å². The Morgan fingerprint density at radius 1 is 1.00 bits per heavy atom. The lowest BCUT2D eigenvalue weighted by atomic mass is 10.2. The Hall–Kier alpha value is -2.18. The normalized spacial score (nSPS) is 11.5. The summed E-state index contributed by atoms with van der Waals surface area (Å²) < 4.78 is 27.1. The highest BCUT2D eigenvalue weighted by atomic mass is 32.2. The van der Waals surface area contributed by atoms with E-state index >= 15 is 0 Å². The zero-order chi connectivity index (χ0) is 18.3. The van der Waals surface area contributed by atoms with Crippen molar-refractivity contribution in [3.8, 4) is 0 Å². The lowest BCUT2D eigenvalue weighted by molar-refractivity contribution is 0.0953. The van der Waals surface area contributed by atoms with E-state index in [-0.39, 0.29) is 10.8 Å². The van der Waals surface area contributed by atoms with Crippen molar-refractivity contribution >= 4 is 15.9 Å². The van der Waals surface area contributed by atoms with Gasteiger partial charge in [0, 0.05) is 25.2 Å². The van der Waals surface area contributed by atoms with Gasteiger partial charge in [-0.2, -0.15) is 4.31 Å². The first kappa shape index (κ1) is 19.1. The van der Waals surface area contributed by atoms with E-state index in [0.717, 1.165) is 12.0 Å². The molecule has 0 bridgehead atoms. The maximum absolute atomic E-state index is 12.8. The van der Waals surface area contributed by atoms with E-state index in [1.807, 2.05) is 44.2 Å². The van der Waals surface area contributed by atoms with E-state index in [1.165, 1.54) is 16.4 Å². The zero-order valence-corrected chi connectivity index (χ0v) is 15.4. The summed E-state index contributed by atoms with van der Waals surface area (Å²) in [5, 5.41) is 2.77. The molecule has 0 saturated carbocycles. The molecule has 0 aliphatic rings. The van der Waals surface area contributed by atoms with E-state index in [2.05, 4.69) is 5.32 Å². The molecule has 0 atom stereocenters. The Bertz CT molecular complexity index is 787. The maximum atomic E-state index is 12.8. The van der Waals surface area contributed by atoms with Crippen molar-refractivity contribution in [3.05, 3.63) is 65.7 Å². The third-order valence-corrected chi connectivity index (χ3v) is 5.78. The predicted molar refractivity (Wildman–Crippen MR) is 98.8 cm³/mol. The van der Waals surface area contributed by atoms with Crippen LogP contribution >= 0.6 is 0 Å². The lowest BCUT2D eigenvalue weighted by Gasteiger charge is -2.20. The molecule has 0 unspecified atom stereocenters. The summed E-state index contributed by atoms with van der Waals surface area (Å²) in [5.41, 5.74) is 1.39. The van der Waals surface area contributed by atoms with Crippen LogP contribution in [0.5, 0.6) is 0 Å². The lowest BCUT2D eigenvalue weighted by Crippen LogP contribution is -2.30. The molecule has 0 aromatic heterocycles. The van der Waals surface area contributed by atoms with Gasteiger partial charge in [0.25, 0.3) is 5.91 Å². The van der Waals surface area contributed by atoms with Gasteiger partial charge in [-0.1, -0.05) is 44.2 Å². The van der Waals surface area contributed by atoms with E-state index in [9.17, 15) is 13.2 Å². The van der Waals surface area contributed by atoms with Crippen molar-refractivity contribution in [3.63, 3.8) is 0 Å². The first-order valence-corrected chi connectivity index (χ1v) is 9.85. The predicted octanol–water partition coefficient (Wildman–Crippen LogP) is 3.04. The highest BCUT2D eigenvalue weighted by Crippen LogP contribution is 2.19. The zero-order valence-electron chi connectivity index (χ0n) is 14.6. The molecule has 6 heteroatoms. The molecule has 2 aromatic carbocycles. The van der Waals surface area contributed by atoms with Gasteiger partial charge in [0.1, 0.15) is 0 Å². The summed E-state index contributed by atoms with van der Waals surface area (Å²) >= 11 is 0. The number of carbonyl (C=O) groups excluding carboxylic acids is 1. The smallest absolute Gasteiger partial charge is 0.251 e. The van der Waals surface area contributed by atoms with Crippen LogP contribution in [0.3, 0.4) is 0 Å². The summed E-state index contributed by atoms with van der Waals surface area (Å²) in [6.07, 6.45) is 0.850. The second-order valence-electron chi connectivity index (χ2n) is 5.70. The number of hydrogen-bond donors (Lipinski definition) is 1. The molecular formula is C19H24N2O3S. The van der Waals surface area contributed by atoms with Gasteiger partial charge in [-0.05, 0) is 36.2 Å². The van der Waals surface area contributed by atoms with Crippen LogP contribution in [-0.2, 0) is 16.6 Å². The van der Waals surface area contributed by atoms with Gasteiger partial charge in [0.05, 0.1) is 4.90 Å². The molecule has 0 radical (unpaired) electrons. The molecule has 25 heavy (non-hydrogen) atoms. The average molecular weight is 360 g/mol. The fraction of sp³-hybridized carbons (Fsp3) is 0.316. The minimum Gasteiger partial charge on any atom is -0.352 e. The highest BCUT2D eigenvalue weighted by Gasteiger charge is 2.23. The van der Waals surface area contributed by atoms with Crippen LogP contribution in [0.4, 0.5) is 0 Å². The quantitative estimate of drug-likeness (QED) is 0.787. The van der Waals surface area contributed by atoms with Crippen molar-refractivity contribution in [2.75, 3.05) is 13.1 Å². The van der Waals surface area contributed by atoms with Gasteiger partial charge in [0.2, 0.25) is 10.0 Å². The summed E-state index contributed by atoms with van der Waals surface area (Å²) in [6.45, 7) is 5.07. The Kier molecular flexibility index (Phi) is 6.73. The molecule has 1 N–H and O–H groups in total. The van der Waals surface area contributed by atoms with E-state index in [4.69, 9.17) is 0 Å². The monoisotopic (exact) mass is 360 g/mol. The van der Waals surface area contributed by atoms with Crippen LogP contribution in [0.1, 0.15) is 36.2 Å². The third kappa shape index (κ3) is 4.90. The van der Waals surface area contributed by atoms with Crippen molar-refractivity contribution < 1.29 is 13.2 Å². The summed E-state index contributed by atoms with van der Waals surface area (Å²) in [5.74, 6) is -0.192. The SMILES string of the molecule is CCCNC(=O)c1ccc(S(=O)(=O)N(CC)Cc2ccccc2)cc1. The van der Waals surface area contributed by atoms with Crippen molar-refractivity contribution in [1.82, 2.24) is 9.62 Å². The maximum Gasteiger partial charge on any atom is 0.251 e. The van der Waals surface area contributed by atoms with E-state index in [0.29, 0.717) is 25.2 Å². The Balaban J connectivity index is 2.18. The first-order chi connectivity index (χ1) is 12.0. The fourth-order valence-electron chi connectivity index (χ4n) is 2.42. The molecule has 0 spiro atoms. The van der Waals surface area contributed by atoms with E-state index < -0.39 is 10.0 Å². The molecule has 0 aliphatic carbocycles. The number of rotatable bonds is 8. The van der Waals surface area contributed by atoms with Gasteiger partial charge in [-0.15, -0.1) is 0 Å². The summed E-state index contributed by atoms with van der Waals surface area (Å²) in [4.78, 5) is 12.1. The van der Waals surface area contributed by atoms with Gasteiger partial charge in [-0.25, -0.2) is 8.42 Å². The molecular weight excluding hydrogens is 336 g/mol. The van der Waals surface area contributed by atoms with Gasteiger partial charge < -0.3 is 5.32 Å². The summed E-state index contributed by atoms with van der Waals surface area (Å²) in [7, 11) is -3.61. The topological polar surface area (TPSA) is 66.5 Å². The molecule has 2 rings (SSSR count). The third-order valence-electron chi connectivity index (χ3n) is 3.84. The average Bonchev–Trinajstić information content (AvgIpc) is 2.65.